The summed E-state index contributed by atoms with van der Waals surface area (Å²) in [6, 6.07) is 12.6. The number of nitrogens with two attached hydrogens (primary N) is 1. The summed E-state index contributed by atoms with van der Waals surface area (Å²) in [6.07, 6.45) is 0.612. The quantitative estimate of drug-likeness (QED) is 0.663. The van der Waals surface area contributed by atoms with Gasteiger partial charge in [-0.2, -0.15) is 0 Å². The van der Waals surface area contributed by atoms with Gasteiger partial charge < -0.3 is 0 Å². The maximum Gasteiger partial charge on any atom is 0.146 e. The average Bonchev–Trinajstić information content (AvgIpc) is 2.41. The molecule has 0 fully saturated rings. The molecule has 0 saturated heterocycles. The van der Waals surface area contributed by atoms with E-state index in [9.17, 15) is 4.39 Å². The molecule has 0 saturated carbocycles. The average molecular weight is 279 g/mol. The zero-order valence-corrected chi connectivity index (χ0v) is 11.4. The molecule has 0 heterocycles. The zero-order valence-electron chi connectivity index (χ0n) is 10.7. The monoisotopic (exact) mass is 278 g/mol. The van der Waals surface area contributed by atoms with Gasteiger partial charge in [-0.25, -0.2) is 4.39 Å². The third-order valence-corrected chi connectivity index (χ3v) is 3.54. The molecule has 19 heavy (non-hydrogen) atoms. The normalized spacial score (nSPS) is 12.4. The van der Waals surface area contributed by atoms with E-state index in [1.54, 1.807) is 12.1 Å². The fraction of sp³-hybridized carbons (Fsp3) is 0.200. The highest BCUT2D eigenvalue weighted by molar-refractivity contribution is 6.30. The predicted octanol–water partition coefficient (Wildman–Crippen LogP) is 3.53. The van der Waals surface area contributed by atoms with Crippen molar-refractivity contribution in [1.29, 1.82) is 0 Å². The number of aryl methyl sites for hydroxylation is 1. The summed E-state index contributed by atoms with van der Waals surface area (Å²) >= 11 is 5.81. The summed E-state index contributed by atoms with van der Waals surface area (Å²) in [5.74, 6) is 5.15. The Kier molecular flexibility index (Phi) is 4.53. The van der Waals surface area contributed by atoms with E-state index >= 15 is 0 Å². The Hall–Kier alpha value is -1.42. The summed E-state index contributed by atoms with van der Waals surface area (Å²) in [5, 5.41) is 0.113. The lowest BCUT2D eigenvalue weighted by molar-refractivity contribution is 0.510. The zero-order chi connectivity index (χ0) is 13.8. The molecule has 0 radical (unpaired) electrons. The third-order valence-electron chi connectivity index (χ3n) is 3.24. The van der Waals surface area contributed by atoms with Gasteiger partial charge in [0.25, 0.3) is 0 Å². The van der Waals surface area contributed by atoms with E-state index < -0.39 is 5.82 Å². The first-order chi connectivity index (χ1) is 9.13. The van der Waals surface area contributed by atoms with Crippen LogP contribution in [-0.2, 0) is 6.42 Å². The van der Waals surface area contributed by atoms with E-state index in [4.69, 9.17) is 17.4 Å². The standard InChI is InChI=1S/C15H16ClFN2/c1-10-5-2-3-6-11(10)9-14(19-18)12-7-4-8-13(16)15(12)17/h2-8,14,19H,9,18H2,1H3. The number of rotatable bonds is 4. The van der Waals surface area contributed by atoms with Crippen LogP contribution < -0.4 is 11.3 Å². The Bertz CT molecular complexity index is 572. The van der Waals surface area contributed by atoms with Crippen molar-refractivity contribution in [1.82, 2.24) is 5.43 Å². The van der Waals surface area contributed by atoms with Crippen LogP contribution in [0.15, 0.2) is 42.5 Å². The van der Waals surface area contributed by atoms with E-state index in [-0.39, 0.29) is 11.1 Å². The Morgan fingerprint density at radius 1 is 1.21 bits per heavy atom. The van der Waals surface area contributed by atoms with Crippen LogP contribution in [0.3, 0.4) is 0 Å². The lowest BCUT2D eigenvalue weighted by Crippen LogP contribution is -2.30. The minimum atomic E-state index is -0.416. The van der Waals surface area contributed by atoms with Crippen LogP contribution in [0.5, 0.6) is 0 Å². The number of hydrogen-bond donors (Lipinski definition) is 2. The molecule has 0 aliphatic heterocycles. The minimum absolute atomic E-state index is 0.113. The molecule has 0 aliphatic carbocycles. The van der Waals surface area contributed by atoms with Crippen molar-refractivity contribution in [3.05, 3.63) is 70.0 Å². The summed E-state index contributed by atoms with van der Waals surface area (Å²) < 4.78 is 14.0. The molecular weight excluding hydrogens is 263 g/mol. The number of nitrogens with one attached hydrogen (secondary N) is 1. The maximum absolute atomic E-state index is 14.0. The van der Waals surface area contributed by atoms with Gasteiger partial charge in [0.05, 0.1) is 11.1 Å². The molecule has 0 aliphatic rings. The molecule has 4 heteroatoms. The van der Waals surface area contributed by atoms with E-state index in [1.807, 2.05) is 31.2 Å². The fourth-order valence-corrected chi connectivity index (χ4v) is 2.29. The van der Waals surface area contributed by atoms with Crippen LogP contribution in [0.1, 0.15) is 22.7 Å². The van der Waals surface area contributed by atoms with E-state index in [0.29, 0.717) is 12.0 Å². The SMILES string of the molecule is Cc1ccccc1CC(NN)c1cccc(Cl)c1F. The molecule has 3 N–H and O–H groups in total. The van der Waals surface area contributed by atoms with Crippen LogP contribution in [0.25, 0.3) is 0 Å². The first-order valence-corrected chi connectivity index (χ1v) is 6.46. The van der Waals surface area contributed by atoms with Crippen LogP contribution in [0.2, 0.25) is 5.02 Å². The van der Waals surface area contributed by atoms with Crippen molar-refractivity contribution in [2.45, 2.75) is 19.4 Å². The first-order valence-electron chi connectivity index (χ1n) is 6.08. The summed E-state index contributed by atoms with van der Waals surface area (Å²) in [4.78, 5) is 0. The van der Waals surface area contributed by atoms with Gasteiger partial charge in [-0.15, -0.1) is 0 Å². The largest absolute Gasteiger partial charge is 0.271 e. The maximum atomic E-state index is 14.0. The first kappa shape index (κ1) is 14.0. The smallest absolute Gasteiger partial charge is 0.146 e. The van der Waals surface area contributed by atoms with Gasteiger partial charge in [0, 0.05) is 5.56 Å². The predicted molar refractivity (Wildman–Crippen MR) is 76.4 cm³/mol. The van der Waals surface area contributed by atoms with Crippen molar-refractivity contribution in [3.8, 4) is 0 Å². The van der Waals surface area contributed by atoms with Crippen LogP contribution in [-0.4, -0.2) is 0 Å². The molecule has 0 bridgehead atoms. The number of hydrogen-bond acceptors (Lipinski definition) is 2. The van der Waals surface area contributed by atoms with Crippen LogP contribution in [0.4, 0.5) is 4.39 Å². The lowest BCUT2D eigenvalue weighted by Gasteiger charge is -2.18. The molecule has 1 unspecified atom stereocenters. The second kappa shape index (κ2) is 6.15. The van der Waals surface area contributed by atoms with Gasteiger partial charge in [0.2, 0.25) is 0 Å². The molecule has 2 nitrogen and oxygen atoms in total. The Balaban J connectivity index is 2.31. The Labute approximate surface area is 117 Å². The number of halogens is 2. The van der Waals surface area contributed by atoms with Gasteiger partial charge in [-0.05, 0) is 30.5 Å². The molecular formula is C15H16ClFN2. The van der Waals surface area contributed by atoms with E-state index in [0.717, 1.165) is 11.1 Å². The second-order valence-electron chi connectivity index (χ2n) is 4.49. The highest BCUT2D eigenvalue weighted by Gasteiger charge is 2.17. The molecule has 2 aromatic carbocycles. The summed E-state index contributed by atoms with van der Waals surface area (Å²) in [7, 11) is 0. The molecule has 2 rings (SSSR count). The highest BCUT2D eigenvalue weighted by Crippen LogP contribution is 2.26. The molecule has 1 atom stereocenters. The minimum Gasteiger partial charge on any atom is -0.271 e. The van der Waals surface area contributed by atoms with Crippen molar-refractivity contribution in [3.63, 3.8) is 0 Å². The van der Waals surface area contributed by atoms with Crippen molar-refractivity contribution >= 4 is 11.6 Å². The van der Waals surface area contributed by atoms with E-state index in [2.05, 4.69) is 5.43 Å². The van der Waals surface area contributed by atoms with E-state index in [1.165, 1.54) is 6.07 Å². The van der Waals surface area contributed by atoms with Crippen molar-refractivity contribution in [2.75, 3.05) is 0 Å². The molecule has 0 spiro atoms. The Morgan fingerprint density at radius 3 is 2.63 bits per heavy atom. The van der Waals surface area contributed by atoms with Gasteiger partial charge in [-0.3, -0.25) is 11.3 Å². The molecule has 100 valence electrons. The topological polar surface area (TPSA) is 38.0 Å². The molecule has 0 amide bonds. The Morgan fingerprint density at radius 2 is 1.95 bits per heavy atom. The summed E-state index contributed by atoms with van der Waals surface area (Å²) in [6.45, 7) is 2.03. The number of hydrazine groups is 1. The summed E-state index contributed by atoms with van der Waals surface area (Å²) in [5.41, 5.74) is 5.44. The van der Waals surface area contributed by atoms with Crippen LogP contribution in [0, 0.1) is 12.7 Å². The van der Waals surface area contributed by atoms with Crippen molar-refractivity contribution in [2.24, 2.45) is 5.84 Å². The lowest BCUT2D eigenvalue weighted by atomic mass is 9.96. The number of benzene rings is 2. The van der Waals surface area contributed by atoms with Crippen LogP contribution >= 0.6 is 11.6 Å². The van der Waals surface area contributed by atoms with Gasteiger partial charge in [0.15, 0.2) is 0 Å². The third kappa shape index (κ3) is 3.13. The molecule has 0 aromatic heterocycles. The highest BCUT2D eigenvalue weighted by atomic mass is 35.5. The van der Waals surface area contributed by atoms with Crippen molar-refractivity contribution < 1.29 is 4.39 Å². The van der Waals surface area contributed by atoms with Gasteiger partial charge in [-0.1, -0.05) is 48.0 Å². The molecule has 2 aromatic rings. The van der Waals surface area contributed by atoms with Gasteiger partial charge in [0.1, 0.15) is 5.82 Å². The fourth-order valence-electron chi connectivity index (χ4n) is 2.11. The van der Waals surface area contributed by atoms with Gasteiger partial charge >= 0.3 is 0 Å². The second-order valence-corrected chi connectivity index (χ2v) is 4.90.